The fourth-order valence-electron chi connectivity index (χ4n) is 4.85. The third kappa shape index (κ3) is 29.5. The van der Waals surface area contributed by atoms with Crippen molar-refractivity contribution in [3.8, 4) is 0 Å². The number of phosphoric ester groups is 1. The van der Waals surface area contributed by atoms with E-state index in [0.29, 0.717) is 6.42 Å². The molecule has 0 aliphatic carbocycles. The maximum absolute atomic E-state index is 12.6. The minimum atomic E-state index is -4.33. The lowest BCUT2D eigenvalue weighted by molar-refractivity contribution is -0.123. The van der Waals surface area contributed by atoms with Crippen molar-refractivity contribution in [3.05, 3.63) is 24.3 Å². The molecule has 8 nitrogen and oxygen atoms in total. The fourth-order valence-corrected chi connectivity index (χ4v) is 5.61. The second-order valence-corrected chi connectivity index (χ2v) is 13.2. The van der Waals surface area contributed by atoms with Crippen LogP contribution in [0.25, 0.3) is 0 Å². The number of amides is 1. The Hall–Kier alpha value is -1.02. The van der Waals surface area contributed by atoms with E-state index < -0.39 is 20.0 Å². The van der Waals surface area contributed by atoms with E-state index in [1.54, 1.807) is 6.08 Å². The Labute approximate surface area is 264 Å². The summed E-state index contributed by atoms with van der Waals surface area (Å²) in [4.78, 5) is 22.5. The molecule has 0 aromatic rings. The minimum absolute atomic E-state index is 0.0753. The Kier molecular flexibility index (Phi) is 30.2. The number of rotatable bonds is 32. The van der Waals surface area contributed by atoms with Crippen LogP contribution in [-0.4, -0.2) is 47.8 Å². The molecule has 0 spiro atoms. The molecule has 1 amide bonds. The Balaban J connectivity index is 4.43. The molecular formula is C34H67N2O6P. The highest BCUT2D eigenvalue weighted by Crippen LogP contribution is 2.43. The quantitative estimate of drug-likeness (QED) is 0.0332. The highest BCUT2D eigenvalue weighted by atomic mass is 31.2. The van der Waals surface area contributed by atoms with Crippen LogP contribution in [0.15, 0.2) is 24.3 Å². The third-order valence-corrected chi connectivity index (χ3v) is 8.51. The summed E-state index contributed by atoms with van der Waals surface area (Å²) in [6, 6.07) is -0.869. The van der Waals surface area contributed by atoms with Gasteiger partial charge in [0.05, 0.1) is 25.4 Å². The molecule has 0 fully saturated rings. The maximum atomic E-state index is 12.6. The molecule has 0 aliphatic rings. The van der Waals surface area contributed by atoms with Crippen molar-refractivity contribution < 1.29 is 28.4 Å². The van der Waals surface area contributed by atoms with Gasteiger partial charge < -0.3 is 21.1 Å². The zero-order valence-corrected chi connectivity index (χ0v) is 28.6. The van der Waals surface area contributed by atoms with Crippen LogP contribution in [0.1, 0.15) is 155 Å². The summed E-state index contributed by atoms with van der Waals surface area (Å²) in [5.41, 5.74) is 5.34. The standard InChI is InChI=1S/C34H67N2O6P/c1-3-5-7-9-11-13-15-17-19-21-23-25-27-33(37)32(31-42-43(39,40)41-30-29-35)36-34(38)28-26-24-22-20-18-16-14-12-10-8-6-4-2/h17,19,25,27,32-33,37H,3-16,18,20-24,26,28-31,35H2,1-2H3,(H,36,38)(H,39,40)/b19-17+,27-25+. The summed E-state index contributed by atoms with van der Waals surface area (Å²) in [5, 5.41) is 13.5. The summed E-state index contributed by atoms with van der Waals surface area (Å²) in [6.07, 6.45) is 32.2. The molecule has 0 heterocycles. The van der Waals surface area contributed by atoms with E-state index in [2.05, 4.69) is 31.3 Å². The zero-order chi connectivity index (χ0) is 31.9. The first-order chi connectivity index (χ1) is 20.9. The molecule has 0 bridgehead atoms. The van der Waals surface area contributed by atoms with Crippen molar-refractivity contribution >= 4 is 13.7 Å². The van der Waals surface area contributed by atoms with Crippen LogP contribution in [-0.2, 0) is 18.4 Å². The molecule has 254 valence electrons. The SMILES string of the molecule is CCCCCCCC/C=C/CC/C=C/C(O)C(COP(=O)(O)OCCN)NC(=O)CCCCCCCCCCCCCC. The minimum Gasteiger partial charge on any atom is -0.387 e. The number of phosphoric acid groups is 1. The van der Waals surface area contributed by atoms with Gasteiger partial charge in [-0.1, -0.05) is 141 Å². The van der Waals surface area contributed by atoms with Crippen LogP contribution in [0.2, 0.25) is 0 Å². The number of unbranched alkanes of at least 4 members (excludes halogenated alkanes) is 18. The summed E-state index contributed by atoms with van der Waals surface area (Å²) in [6.45, 7) is 4.07. The molecule has 0 rings (SSSR count). The zero-order valence-electron chi connectivity index (χ0n) is 27.7. The first-order valence-corrected chi connectivity index (χ1v) is 19.0. The Morgan fingerprint density at radius 2 is 1.23 bits per heavy atom. The Morgan fingerprint density at radius 1 is 0.744 bits per heavy atom. The van der Waals surface area contributed by atoms with Crippen molar-refractivity contribution in [2.75, 3.05) is 19.8 Å². The van der Waals surface area contributed by atoms with E-state index in [1.165, 1.54) is 96.3 Å². The number of nitrogens with one attached hydrogen (secondary N) is 1. The van der Waals surface area contributed by atoms with Gasteiger partial charge in [0.25, 0.3) is 0 Å². The Morgan fingerprint density at radius 3 is 1.79 bits per heavy atom. The van der Waals surface area contributed by atoms with Crippen molar-refractivity contribution in [1.82, 2.24) is 5.32 Å². The molecule has 0 radical (unpaired) electrons. The van der Waals surface area contributed by atoms with Crippen molar-refractivity contribution in [2.45, 2.75) is 167 Å². The molecule has 0 saturated heterocycles. The van der Waals surface area contributed by atoms with E-state index in [-0.39, 0.29) is 25.7 Å². The topological polar surface area (TPSA) is 131 Å². The van der Waals surface area contributed by atoms with Gasteiger partial charge in [-0.2, -0.15) is 0 Å². The lowest BCUT2D eigenvalue weighted by atomic mass is 10.0. The van der Waals surface area contributed by atoms with Gasteiger partial charge in [-0.3, -0.25) is 13.8 Å². The van der Waals surface area contributed by atoms with Gasteiger partial charge >= 0.3 is 7.82 Å². The largest absolute Gasteiger partial charge is 0.472 e. The summed E-state index contributed by atoms with van der Waals surface area (Å²) in [5.74, 6) is -0.207. The van der Waals surface area contributed by atoms with E-state index in [0.717, 1.165) is 38.5 Å². The van der Waals surface area contributed by atoms with Crippen LogP contribution in [0.5, 0.6) is 0 Å². The van der Waals surface area contributed by atoms with Crippen molar-refractivity contribution in [2.24, 2.45) is 5.73 Å². The number of nitrogens with two attached hydrogens (primary N) is 1. The second-order valence-electron chi connectivity index (χ2n) is 11.7. The van der Waals surface area contributed by atoms with Crippen molar-refractivity contribution in [1.29, 1.82) is 0 Å². The first kappa shape index (κ1) is 42.0. The lowest BCUT2D eigenvalue weighted by Gasteiger charge is -2.23. The molecule has 0 aromatic heterocycles. The number of hydrogen-bond donors (Lipinski definition) is 4. The number of carbonyl (C=O) groups excluding carboxylic acids is 1. The van der Waals surface area contributed by atoms with Crippen LogP contribution in [0, 0.1) is 0 Å². The van der Waals surface area contributed by atoms with Gasteiger partial charge in [0, 0.05) is 13.0 Å². The van der Waals surface area contributed by atoms with Gasteiger partial charge in [0.2, 0.25) is 5.91 Å². The normalized spacial score (nSPS) is 14.8. The molecule has 43 heavy (non-hydrogen) atoms. The van der Waals surface area contributed by atoms with Gasteiger partial charge in [-0.05, 0) is 32.1 Å². The van der Waals surface area contributed by atoms with E-state index in [9.17, 15) is 19.4 Å². The van der Waals surface area contributed by atoms with E-state index in [4.69, 9.17) is 14.8 Å². The first-order valence-electron chi connectivity index (χ1n) is 17.5. The fraction of sp³-hybridized carbons (Fsp3) is 0.853. The summed E-state index contributed by atoms with van der Waals surface area (Å²) >= 11 is 0. The smallest absolute Gasteiger partial charge is 0.387 e. The molecule has 0 saturated carbocycles. The maximum Gasteiger partial charge on any atom is 0.472 e. The molecule has 9 heteroatoms. The number of hydrogen-bond acceptors (Lipinski definition) is 6. The van der Waals surface area contributed by atoms with E-state index >= 15 is 0 Å². The molecular weight excluding hydrogens is 563 g/mol. The predicted octanol–water partition coefficient (Wildman–Crippen LogP) is 8.66. The molecule has 0 aliphatic heterocycles. The third-order valence-electron chi connectivity index (χ3n) is 7.53. The number of allylic oxidation sites excluding steroid dienone is 3. The average Bonchev–Trinajstić information content (AvgIpc) is 2.99. The highest BCUT2D eigenvalue weighted by molar-refractivity contribution is 7.47. The highest BCUT2D eigenvalue weighted by Gasteiger charge is 2.26. The molecule has 3 unspecified atom stereocenters. The lowest BCUT2D eigenvalue weighted by Crippen LogP contribution is -2.45. The predicted molar refractivity (Wildman–Crippen MR) is 180 cm³/mol. The van der Waals surface area contributed by atoms with E-state index in [1.807, 2.05) is 6.08 Å². The Bertz CT molecular complexity index is 734. The second kappa shape index (κ2) is 31.0. The molecule has 0 aromatic carbocycles. The monoisotopic (exact) mass is 630 g/mol. The molecule has 5 N–H and O–H groups in total. The van der Waals surface area contributed by atoms with Crippen LogP contribution in [0.3, 0.4) is 0 Å². The number of aliphatic hydroxyl groups is 1. The van der Waals surface area contributed by atoms with Gasteiger partial charge in [0.1, 0.15) is 0 Å². The average molecular weight is 631 g/mol. The summed E-state index contributed by atoms with van der Waals surface area (Å²) in [7, 11) is -4.33. The van der Waals surface area contributed by atoms with Gasteiger partial charge in [0.15, 0.2) is 0 Å². The van der Waals surface area contributed by atoms with Crippen molar-refractivity contribution in [3.63, 3.8) is 0 Å². The van der Waals surface area contributed by atoms with Gasteiger partial charge in [-0.25, -0.2) is 4.57 Å². The van der Waals surface area contributed by atoms with Crippen LogP contribution >= 0.6 is 7.82 Å². The number of carbonyl (C=O) groups is 1. The molecule has 3 atom stereocenters. The van der Waals surface area contributed by atoms with Crippen LogP contribution < -0.4 is 11.1 Å². The summed E-state index contributed by atoms with van der Waals surface area (Å²) < 4.78 is 21.9. The number of aliphatic hydroxyl groups excluding tert-OH is 1. The van der Waals surface area contributed by atoms with Gasteiger partial charge in [-0.15, -0.1) is 0 Å². The van der Waals surface area contributed by atoms with Crippen LogP contribution in [0.4, 0.5) is 0 Å².